The Morgan fingerprint density at radius 3 is 2.88 bits per heavy atom. The Kier molecular flexibility index (Phi) is 6.52. The summed E-state index contributed by atoms with van der Waals surface area (Å²) >= 11 is 0. The number of nitrogens with zero attached hydrogens (tertiary/aromatic N) is 1. The number of likely N-dealkylation sites (N-methyl/N-ethyl adjacent to an activating group) is 1. The maximum Gasteiger partial charge on any atom is 0.222 e. The van der Waals surface area contributed by atoms with Gasteiger partial charge in [0.25, 0.3) is 0 Å². The molecule has 0 aromatic carbocycles. The average Bonchev–Trinajstić information content (AvgIpc) is 2.85. The van der Waals surface area contributed by atoms with Crippen molar-refractivity contribution in [3.63, 3.8) is 0 Å². The Bertz CT molecular complexity index is 227. The molecule has 2 unspecified atom stereocenters. The van der Waals surface area contributed by atoms with Gasteiger partial charge in [-0.3, -0.25) is 4.79 Å². The van der Waals surface area contributed by atoms with Crippen LogP contribution in [0, 0.1) is 0 Å². The van der Waals surface area contributed by atoms with Crippen molar-refractivity contribution in [3.8, 4) is 0 Å². The monoisotopic (exact) mass is 242 g/mol. The number of hydrogen-bond donors (Lipinski definition) is 1. The average molecular weight is 242 g/mol. The van der Waals surface area contributed by atoms with Gasteiger partial charge in [0.05, 0.1) is 6.10 Å². The second-order valence-corrected chi connectivity index (χ2v) is 4.81. The van der Waals surface area contributed by atoms with Crippen LogP contribution < -0.4 is 5.32 Å². The minimum absolute atomic E-state index is 0.169. The van der Waals surface area contributed by atoms with Gasteiger partial charge in [0.1, 0.15) is 0 Å². The van der Waals surface area contributed by atoms with Crippen molar-refractivity contribution < 1.29 is 9.53 Å². The largest absolute Gasteiger partial charge is 0.382 e. The van der Waals surface area contributed by atoms with Crippen molar-refractivity contribution in [1.82, 2.24) is 10.2 Å². The first-order valence-corrected chi connectivity index (χ1v) is 6.71. The molecular formula is C13H26N2O2. The minimum atomic E-state index is 0.169. The molecule has 100 valence electrons. The van der Waals surface area contributed by atoms with Gasteiger partial charge < -0.3 is 15.0 Å². The number of ether oxygens (including phenoxy) is 1. The zero-order valence-electron chi connectivity index (χ0n) is 11.4. The number of nitrogens with one attached hydrogen (secondary N) is 1. The molecule has 0 radical (unpaired) electrons. The number of rotatable bonds is 7. The first kappa shape index (κ1) is 14.5. The first-order chi connectivity index (χ1) is 8.17. The van der Waals surface area contributed by atoms with Crippen LogP contribution in [0.5, 0.6) is 0 Å². The Morgan fingerprint density at radius 2 is 2.35 bits per heavy atom. The Balaban J connectivity index is 2.29. The second kappa shape index (κ2) is 7.67. The third-order valence-electron chi connectivity index (χ3n) is 3.50. The van der Waals surface area contributed by atoms with E-state index in [1.54, 1.807) is 7.11 Å². The number of hydrogen-bond acceptors (Lipinski definition) is 3. The molecular weight excluding hydrogens is 216 g/mol. The molecule has 4 nitrogen and oxygen atoms in total. The summed E-state index contributed by atoms with van der Waals surface area (Å²) in [6, 6.07) is 0.499. The zero-order chi connectivity index (χ0) is 12.7. The van der Waals surface area contributed by atoms with E-state index in [2.05, 4.69) is 5.32 Å². The minimum Gasteiger partial charge on any atom is -0.382 e. The van der Waals surface area contributed by atoms with Crippen LogP contribution in [0.3, 0.4) is 0 Å². The molecule has 2 atom stereocenters. The molecule has 1 aliphatic heterocycles. The molecule has 1 heterocycles. The highest BCUT2D eigenvalue weighted by Gasteiger charge is 2.20. The van der Waals surface area contributed by atoms with Gasteiger partial charge in [-0.05, 0) is 39.7 Å². The highest BCUT2D eigenvalue weighted by molar-refractivity contribution is 5.76. The molecule has 1 aliphatic rings. The molecule has 0 aliphatic carbocycles. The van der Waals surface area contributed by atoms with Crippen LogP contribution in [-0.2, 0) is 9.53 Å². The molecule has 0 aromatic rings. The van der Waals surface area contributed by atoms with E-state index in [1.807, 2.05) is 18.7 Å². The number of amides is 1. The smallest absolute Gasteiger partial charge is 0.222 e. The van der Waals surface area contributed by atoms with Crippen LogP contribution in [0.1, 0.15) is 39.5 Å². The highest BCUT2D eigenvalue weighted by Crippen LogP contribution is 2.09. The van der Waals surface area contributed by atoms with Crippen LogP contribution in [0.25, 0.3) is 0 Å². The summed E-state index contributed by atoms with van der Waals surface area (Å²) in [4.78, 5) is 14.0. The third-order valence-corrected chi connectivity index (χ3v) is 3.50. The van der Waals surface area contributed by atoms with Crippen molar-refractivity contribution in [2.24, 2.45) is 0 Å². The van der Waals surface area contributed by atoms with Gasteiger partial charge in [-0.1, -0.05) is 0 Å². The Morgan fingerprint density at radius 1 is 1.59 bits per heavy atom. The normalized spacial score (nSPS) is 21.5. The number of carbonyl (C=O) groups is 1. The lowest BCUT2D eigenvalue weighted by atomic mass is 10.1. The van der Waals surface area contributed by atoms with E-state index in [-0.39, 0.29) is 12.0 Å². The fourth-order valence-electron chi connectivity index (χ4n) is 2.19. The molecule has 1 amide bonds. The van der Waals surface area contributed by atoms with Gasteiger partial charge in [0.2, 0.25) is 5.91 Å². The standard InChI is InChI=1S/C13H26N2O2/c1-4-15(10-12-6-5-9-14-12)13(16)8-7-11(2)17-3/h11-12,14H,4-10H2,1-3H3. The van der Waals surface area contributed by atoms with E-state index in [1.165, 1.54) is 12.8 Å². The summed E-state index contributed by atoms with van der Waals surface area (Å²) in [5.74, 6) is 0.255. The highest BCUT2D eigenvalue weighted by atomic mass is 16.5. The van der Waals surface area contributed by atoms with Crippen LogP contribution in [-0.4, -0.2) is 49.7 Å². The maximum atomic E-state index is 12.0. The lowest BCUT2D eigenvalue weighted by molar-refractivity contribution is -0.132. The van der Waals surface area contributed by atoms with E-state index in [0.717, 1.165) is 26.1 Å². The summed E-state index contributed by atoms with van der Waals surface area (Å²) in [7, 11) is 1.69. The summed E-state index contributed by atoms with van der Waals surface area (Å²) in [6.07, 6.45) is 4.00. The number of methoxy groups -OCH3 is 1. The lowest BCUT2D eigenvalue weighted by Gasteiger charge is -2.25. The first-order valence-electron chi connectivity index (χ1n) is 6.71. The van der Waals surface area contributed by atoms with Gasteiger partial charge >= 0.3 is 0 Å². The molecule has 0 saturated carbocycles. The van der Waals surface area contributed by atoms with E-state index < -0.39 is 0 Å². The van der Waals surface area contributed by atoms with E-state index in [9.17, 15) is 4.79 Å². The lowest BCUT2D eigenvalue weighted by Crippen LogP contribution is -2.41. The molecule has 1 fully saturated rings. The molecule has 4 heteroatoms. The topological polar surface area (TPSA) is 41.6 Å². The van der Waals surface area contributed by atoms with Crippen LogP contribution in [0.15, 0.2) is 0 Å². The summed E-state index contributed by atoms with van der Waals surface area (Å²) < 4.78 is 5.16. The fourth-order valence-corrected chi connectivity index (χ4v) is 2.19. The predicted octanol–water partition coefficient (Wildman–Crippen LogP) is 1.40. The summed E-state index contributed by atoms with van der Waals surface area (Å²) in [5, 5.41) is 3.43. The predicted molar refractivity (Wildman–Crippen MR) is 69.0 cm³/mol. The van der Waals surface area contributed by atoms with Crippen molar-refractivity contribution in [3.05, 3.63) is 0 Å². The summed E-state index contributed by atoms with van der Waals surface area (Å²) in [5.41, 5.74) is 0. The molecule has 17 heavy (non-hydrogen) atoms. The van der Waals surface area contributed by atoms with E-state index >= 15 is 0 Å². The van der Waals surface area contributed by atoms with E-state index in [4.69, 9.17) is 4.74 Å². The SMILES string of the molecule is CCN(CC1CCCN1)C(=O)CCC(C)OC. The molecule has 0 bridgehead atoms. The molecule has 0 spiro atoms. The molecule has 1 saturated heterocycles. The van der Waals surface area contributed by atoms with Crippen molar-refractivity contribution >= 4 is 5.91 Å². The third kappa shape index (κ3) is 5.04. The van der Waals surface area contributed by atoms with Gasteiger partial charge in [-0.25, -0.2) is 0 Å². The van der Waals surface area contributed by atoms with Gasteiger partial charge in [-0.15, -0.1) is 0 Å². The van der Waals surface area contributed by atoms with E-state index in [0.29, 0.717) is 12.5 Å². The van der Waals surface area contributed by atoms with Crippen molar-refractivity contribution in [2.45, 2.75) is 51.7 Å². The summed E-state index contributed by atoms with van der Waals surface area (Å²) in [6.45, 7) is 6.81. The van der Waals surface area contributed by atoms with Gasteiger partial charge in [-0.2, -0.15) is 0 Å². The molecule has 1 rings (SSSR count). The molecule has 1 N–H and O–H groups in total. The van der Waals surface area contributed by atoms with Crippen LogP contribution in [0.4, 0.5) is 0 Å². The maximum absolute atomic E-state index is 12.0. The quantitative estimate of drug-likeness (QED) is 0.734. The van der Waals surface area contributed by atoms with Crippen molar-refractivity contribution in [2.75, 3.05) is 26.7 Å². The van der Waals surface area contributed by atoms with Gasteiger partial charge in [0.15, 0.2) is 0 Å². The number of carbonyl (C=O) groups excluding carboxylic acids is 1. The fraction of sp³-hybridized carbons (Fsp3) is 0.923. The van der Waals surface area contributed by atoms with Crippen LogP contribution >= 0.6 is 0 Å². The molecule has 0 aromatic heterocycles. The Labute approximate surface area is 105 Å². The zero-order valence-corrected chi connectivity index (χ0v) is 11.4. The van der Waals surface area contributed by atoms with Gasteiger partial charge in [0, 0.05) is 32.7 Å². The van der Waals surface area contributed by atoms with Crippen molar-refractivity contribution in [1.29, 1.82) is 0 Å². The second-order valence-electron chi connectivity index (χ2n) is 4.81. The Hall–Kier alpha value is -0.610. The van der Waals surface area contributed by atoms with Crippen LogP contribution in [0.2, 0.25) is 0 Å².